The Bertz CT molecular complexity index is 1210. The smallest absolute Gasteiger partial charge is 0.231 e. The van der Waals surface area contributed by atoms with Gasteiger partial charge in [-0.15, -0.1) is 11.3 Å². The highest BCUT2D eigenvalue weighted by Gasteiger charge is 2.52. The average molecular weight is 433 g/mol. The van der Waals surface area contributed by atoms with Crippen LogP contribution in [-0.4, -0.2) is 17.6 Å². The van der Waals surface area contributed by atoms with Crippen molar-refractivity contribution in [1.82, 2.24) is 4.98 Å². The van der Waals surface area contributed by atoms with E-state index in [0.29, 0.717) is 27.6 Å². The van der Waals surface area contributed by atoms with Crippen molar-refractivity contribution in [2.45, 2.75) is 43.9 Å². The third-order valence-corrected chi connectivity index (χ3v) is 9.13. The predicted octanol–water partition coefficient (Wildman–Crippen LogP) is 5.31. The lowest BCUT2D eigenvalue weighted by Gasteiger charge is -2.56. The van der Waals surface area contributed by atoms with Crippen LogP contribution in [0.5, 0.6) is 11.5 Å². The maximum Gasteiger partial charge on any atom is 0.231 e. The number of fused-ring (bicyclic) bond motifs is 2. The summed E-state index contributed by atoms with van der Waals surface area (Å²) in [4.78, 5) is 19.8. The number of ether oxygens (including phenoxy) is 2. The number of benzene rings is 1. The monoisotopic (exact) mass is 432 g/mol. The Kier molecular flexibility index (Phi) is 3.62. The lowest BCUT2D eigenvalue weighted by Crippen LogP contribution is -2.48. The minimum atomic E-state index is -0.0878. The van der Waals surface area contributed by atoms with Crippen molar-refractivity contribution in [3.05, 3.63) is 46.5 Å². The van der Waals surface area contributed by atoms with Crippen molar-refractivity contribution >= 4 is 33.0 Å². The molecule has 8 rings (SSSR count). The number of carbonyl (C=O) groups is 1. The van der Waals surface area contributed by atoms with E-state index in [1.807, 2.05) is 0 Å². The number of ketones is 1. The fraction of sp³-hybridized carbons (Fsp3) is 0.440. The van der Waals surface area contributed by atoms with Gasteiger partial charge in [-0.1, -0.05) is 0 Å². The molecule has 1 aromatic carbocycles. The number of hydrogen-bond donors (Lipinski definition) is 1. The molecule has 2 N–H and O–H groups in total. The molecule has 31 heavy (non-hydrogen) atoms. The van der Waals surface area contributed by atoms with Gasteiger partial charge < -0.3 is 15.2 Å². The number of nitrogen functional groups attached to an aromatic ring is 1. The van der Waals surface area contributed by atoms with Gasteiger partial charge in [0, 0.05) is 22.1 Å². The lowest BCUT2D eigenvalue weighted by atomic mass is 9.49. The van der Waals surface area contributed by atoms with E-state index in [2.05, 4.69) is 12.1 Å². The Hall–Kier alpha value is -2.60. The van der Waals surface area contributed by atoms with Gasteiger partial charge in [0.05, 0.1) is 5.69 Å². The molecule has 4 saturated carbocycles. The van der Waals surface area contributed by atoms with Crippen LogP contribution in [0.2, 0.25) is 0 Å². The highest BCUT2D eigenvalue weighted by atomic mass is 32.1. The quantitative estimate of drug-likeness (QED) is 0.568. The maximum atomic E-state index is 13.2. The van der Waals surface area contributed by atoms with Crippen molar-refractivity contribution in [1.29, 1.82) is 0 Å². The van der Waals surface area contributed by atoms with Gasteiger partial charge in [-0.2, -0.15) is 0 Å². The van der Waals surface area contributed by atoms with Gasteiger partial charge in [0.1, 0.15) is 9.71 Å². The molecule has 1 aliphatic heterocycles. The van der Waals surface area contributed by atoms with E-state index < -0.39 is 0 Å². The first-order chi connectivity index (χ1) is 15.1. The fourth-order valence-corrected chi connectivity index (χ4v) is 8.11. The SMILES string of the molecule is Nc1c(C(=O)c2ccc3c(c2)OCO3)sc2nc(C34CC5CC(CC(C5)C3)C4)ccc12. The summed E-state index contributed by atoms with van der Waals surface area (Å²) >= 11 is 1.42. The van der Waals surface area contributed by atoms with Crippen molar-refractivity contribution in [2.24, 2.45) is 17.8 Å². The molecule has 0 amide bonds. The lowest BCUT2D eigenvalue weighted by molar-refractivity contribution is -0.00704. The molecule has 0 spiro atoms. The molecule has 3 heterocycles. The Morgan fingerprint density at radius 2 is 1.71 bits per heavy atom. The van der Waals surface area contributed by atoms with E-state index in [-0.39, 0.29) is 18.0 Å². The Morgan fingerprint density at radius 1 is 1.00 bits per heavy atom. The van der Waals surface area contributed by atoms with Crippen LogP contribution in [0.15, 0.2) is 30.3 Å². The number of rotatable bonds is 3. The minimum Gasteiger partial charge on any atom is -0.454 e. The number of anilines is 1. The molecule has 3 aromatic rings. The van der Waals surface area contributed by atoms with Crippen LogP contribution < -0.4 is 15.2 Å². The van der Waals surface area contributed by atoms with Gasteiger partial charge in [-0.25, -0.2) is 4.98 Å². The number of thiophene rings is 1. The van der Waals surface area contributed by atoms with Crippen molar-refractivity contribution in [2.75, 3.05) is 12.5 Å². The van der Waals surface area contributed by atoms with Crippen LogP contribution in [0.3, 0.4) is 0 Å². The summed E-state index contributed by atoms with van der Waals surface area (Å²) in [6, 6.07) is 9.57. The number of hydrogen-bond acceptors (Lipinski definition) is 6. The van der Waals surface area contributed by atoms with Crippen LogP contribution in [0, 0.1) is 17.8 Å². The summed E-state index contributed by atoms with van der Waals surface area (Å²) in [5.41, 5.74) is 9.00. The molecule has 0 atom stereocenters. The molecule has 4 fully saturated rings. The topological polar surface area (TPSA) is 74.4 Å². The van der Waals surface area contributed by atoms with Gasteiger partial charge in [-0.3, -0.25) is 4.79 Å². The summed E-state index contributed by atoms with van der Waals surface area (Å²) in [7, 11) is 0. The van der Waals surface area contributed by atoms with E-state index in [0.717, 1.165) is 28.0 Å². The van der Waals surface area contributed by atoms with Crippen LogP contribution in [-0.2, 0) is 5.41 Å². The second-order valence-electron chi connectivity index (χ2n) is 9.99. The molecular formula is C25H24N2O3S. The van der Waals surface area contributed by atoms with E-state index in [1.165, 1.54) is 55.6 Å². The maximum absolute atomic E-state index is 13.2. The van der Waals surface area contributed by atoms with E-state index >= 15 is 0 Å². The summed E-state index contributed by atoms with van der Waals surface area (Å²) in [6.07, 6.45) is 8.09. The van der Waals surface area contributed by atoms with E-state index in [9.17, 15) is 4.79 Å². The Morgan fingerprint density at radius 3 is 2.45 bits per heavy atom. The summed E-state index contributed by atoms with van der Waals surface area (Å²) < 4.78 is 10.8. The summed E-state index contributed by atoms with van der Waals surface area (Å²) in [6.45, 7) is 0.190. The number of carbonyl (C=O) groups excluding carboxylic acids is 1. The Balaban J connectivity index is 1.27. The highest BCUT2D eigenvalue weighted by molar-refractivity contribution is 7.21. The second kappa shape index (κ2) is 6.22. The first-order valence-corrected chi connectivity index (χ1v) is 12.0. The predicted molar refractivity (Wildman–Crippen MR) is 120 cm³/mol. The largest absolute Gasteiger partial charge is 0.454 e. The Labute approximate surface area is 184 Å². The van der Waals surface area contributed by atoms with Crippen molar-refractivity contribution < 1.29 is 14.3 Å². The van der Waals surface area contributed by atoms with E-state index in [4.69, 9.17) is 20.2 Å². The number of nitrogens with zero attached hydrogens (tertiary/aromatic N) is 1. The number of nitrogens with two attached hydrogens (primary N) is 1. The van der Waals surface area contributed by atoms with Gasteiger partial charge in [0.25, 0.3) is 0 Å². The first kappa shape index (κ1) is 18.0. The first-order valence-electron chi connectivity index (χ1n) is 11.2. The second-order valence-corrected chi connectivity index (χ2v) is 11.0. The van der Waals surface area contributed by atoms with Gasteiger partial charge in [0.15, 0.2) is 11.5 Å². The fourth-order valence-electron chi connectivity index (χ4n) is 7.05. The minimum absolute atomic E-state index is 0.0878. The third-order valence-electron chi connectivity index (χ3n) is 8.02. The summed E-state index contributed by atoms with van der Waals surface area (Å²) in [5, 5.41) is 0.891. The van der Waals surface area contributed by atoms with Gasteiger partial charge in [-0.05, 0) is 86.6 Å². The zero-order valence-electron chi connectivity index (χ0n) is 17.2. The third kappa shape index (κ3) is 2.60. The molecule has 0 radical (unpaired) electrons. The molecule has 4 bridgehead atoms. The zero-order valence-corrected chi connectivity index (χ0v) is 18.0. The standard InChI is InChI=1S/C25H24N2O3S/c26-21-17-2-4-20(25-9-13-5-14(10-25)7-15(6-13)11-25)27-24(17)31-23(21)22(28)16-1-3-18-19(8-16)30-12-29-18/h1-4,8,13-15H,5-7,9-12,26H2. The summed E-state index contributed by atoms with van der Waals surface area (Å²) in [5.74, 6) is 3.81. The highest BCUT2D eigenvalue weighted by Crippen LogP contribution is 2.60. The van der Waals surface area contributed by atoms with Gasteiger partial charge in [0.2, 0.25) is 12.6 Å². The van der Waals surface area contributed by atoms with Crippen LogP contribution >= 0.6 is 11.3 Å². The molecule has 5 nitrogen and oxygen atoms in total. The average Bonchev–Trinajstić information content (AvgIpc) is 3.36. The number of pyridine rings is 1. The normalized spacial score (nSPS) is 30.3. The molecule has 0 unspecified atom stereocenters. The number of aromatic nitrogens is 1. The molecule has 4 aliphatic carbocycles. The van der Waals surface area contributed by atoms with Crippen LogP contribution in [0.25, 0.3) is 10.2 Å². The van der Waals surface area contributed by atoms with Crippen molar-refractivity contribution in [3.8, 4) is 11.5 Å². The van der Waals surface area contributed by atoms with Crippen LogP contribution in [0.1, 0.15) is 59.5 Å². The van der Waals surface area contributed by atoms with Gasteiger partial charge >= 0.3 is 0 Å². The van der Waals surface area contributed by atoms with E-state index in [1.54, 1.807) is 18.2 Å². The molecule has 158 valence electrons. The molecule has 6 heteroatoms. The molecule has 2 aromatic heterocycles. The van der Waals surface area contributed by atoms with Crippen LogP contribution in [0.4, 0.5) is 5.69 Å². The molecule has 0 saturated heterocycles. The molecule has 5 aliphatic rings. The molecular weight excluding hydrogens is 408 g/mol. The zero-order chi connectivity index (χ0) is 20.7. The van der Waals surface area contributed by atoms with Crippen molar-refractivity contribution in [3.63, 3.8) is 0 Å².